The van der Waals surface area contributed by atoms with Gasteiger partial charge in [0.15, 0.2) is 19.7 Å². The third-order valence-corrected chi connectivity index (χ3v) is 9.19. The van der Waals surface area contributed by atoms with Crippen LogP contribution >= 0.6 is 31.9 Å². The molecule has 2 aromatic rings. The van der Waals surface area contributed by atoms with Crippen LogP contribution in [0, 0.1) is 0 Å². The van der Waals surface area contributed by atoms with Crippen molar-refractivity contribution in [3.05, 3.63) is 68.6 Å². The van der Waals surface area contributed by atoms with Crippen LogP contribution in [0.1, 0.15) is 37.8 Å². The molecule has 4 nitrogen and oxygen atoms in total. The summed E-state index contributed by atoms with van der Waals surface area (Å²) in [5.74, 6) is -0.250. The second kappa shape index (κ2) is 9.69. The zero-order chi connectivity index (χ0) is 20.9. The first-order valence-electron chi connectivity index (χ1n) is 8.84. The smallest absolute Gasteiger partial charge is 0.180 e. The van der Waals surface area contributed by atoms with Crippen LogP contribution in [0.4, 0.5) is 0 Å². The molecule has 8 heteroatoms. The molecule has 0 atom stereocenters. The zero-order valence-corrected chi connectivity index (χ0v) is 20.5. The Bertz CT molecular complexity index is 967. The van der Waals surface area contributed by atoms with Gasteiger partial charge in [-0.1, -0.05) is 70.0 Å². The molecule has 0 bridgehead atoms. The molecule has 0 N–H and O–H groups in total. The molecule has 0 aliphatic carbocycles. The van der Waals surface area contributed by atoms with Crippen molar-refractivity contribution < 1.29 is 16.8 Å². The van der Waals surface area contributed by atoms with E-state index in [-0.39, 0.29) is 21.3 Å². The summed E-state index contributed by atoms with van der Waals surface area (Å²) in [6, 6.07) is 13.4. The van der Waals surface area contributed by atoms with Crippen LogP contribution in [-0.4, -0.2) is 28.3 Å². The molecule has 0 spiro atoms. The lowest BCUT2D eigenvalue weighted by atomic mass is 10.1. The largest absolute Gasteiger partial charge is 0.224 e. The van der Waals surface area contributed by atoms with E-state index in [1.165, 1.54) is 0 Å². The lowest BCUT2D eigenvalue weighted by Crippen LogP contribution is -2.16. The van der Waals surface area contributed by atoms with Gasteiger partial charge < -0.3 is 0 Å². The zero-order valence-electron chi connectivity index (χ0n) is 15.7. The summed E-state index contributed by atoms with van der Waals surface area (Å²) in [4.78, 5) is -0.254. The van der Waals surface area contributed by atoms with Crippen LogP contribution < -0.4 is 0 Å². The molecule has 0 saturated heterocycles. The van der Waals surface area contributed by atoms with Gasteiger partial charge in [-0.05, 0) is 48.2 Å². The van der Waals surface area contributed by atoms with Crippen molar-refractivity contribution >= 4 is 61.3 Å². The van der Waals surface area contributed by atoms with Gasteiger partial charge in [-0.15, -0.1) is 0 Å². The highest BCUT2D eigenvalue weighted by Crippen LogP contribution is 2.37. The van der Waals surface area contributed by atoms with Gasteiger partial charge in [0, 0.05) is 8.95 Å². The van der Waals surface area contributed by atoms with Crippen molar-refractivity contribution in [3.63, 3.8) is 0 Å². The number of benzene rings is 2. The van der Waals surface area contributed by atoms with Crippen LogP contribution in [0.25, 0.3) is 9.81 Å². The summed E-state index contributed by atoms with van der Waals surface area (Å²) in [7, 11) is -7.65. The second-order valence-corrected chi connectivity index (χ2v) is 12.2. The topological polar surface area (TPSA) is 68.3 Å². The first-order chi connectivity index (χ1) is 13.1. The van der Waals surface area contributed by atoms with E-state index in [1.54, 1.807) is 62.4 Å². The summed E-state index contributed by atoms with van der Waals surface area (Å²) >= 11 is 6.68. The average molecular weight is 550 g/mol. The van der Waals surface area contributed by atoms with Crippen LogP contribution in [-0.2, 0) is 19.7 Å². The lowest BCUT2D eigenvalue weighted by Gasteiger charge is -2.17. The number of sulfone groups is 2. The van der Waals surface area contributed by atoms with Crippen molar-refractivity contribution in [2.45, 2.75) is 26.7 Å². The highest BCUT2D eigenvalue weighted by Gasteiger charge is 2.31. The number of rotatable bonds is 8. The number of halogens is 2. The predicted octanol–water partition coefficient (Wildman–Crippen LogP) is 5.69. The van der Waals surface area contributed by atoms with E-state index in [0.717, 1.165) is 8.95 Å². The maximum atomic E-state index is 13.2. The SMILES string of the molecule is CCCS(=O)(=O)C(=C(c1ccc(Br)cc1)S(=O)(=O)CCC)c1ccc(Br)cc1. The predicted molar refractivity (Wildman–Crippen MR) is 123 cm³/mol. The van der Waals surface area contributed by atoms with Gasteiger partial charge in [0.2, 0.25) is 0 Å². The lowest BCUT2D eigenvalue weighted by molar-refractivity contribution is 0.601. The van der Waals surface area contributed by atoms with Crippen LogP contribution in [0.2, 0.25) is 0 Å². The fourth-order valence-corrected chi connectivity index (χ4v) is 7.41. The summed E-state index contributed by atoms with van der Waals surface area (Å²) < 4.78 is 54.4. The molecule has 0 unspecified atom stereocenters. The molecular weight excluding hydrogens is 528 g/mol. The fourth-order valence-electron chi connectivity index (χ4n) is 2.85. The van der Waals surface area contributed by atoms with E-state index in [4.69, 9.17) is 0 Å². The standard InChI is InChI=1S/C20H22Br2O4S2/c1-3-13-27(23,24)19(15-5-9-17(21)10-6-15)20(28(25,26)14-4-2)16-7-11-18(22)12-8-16/h5-12H,3-4,13-14H2,1-2H3. The summed E-state index contributed by atoms with van der Waals surface area (Å²) in [6.45, 7) is 3.52. The Morgan fingerprint density at radius 3 is 1.18 bits per heavy atom. The van der Waals surface area contributed by atoms with Crippen molar-refractivity contribution in [3.8, 4) is 0 Å². The van der Waals surface area contributed by atoms with Crippen LogP contribution in [0.5, 0.6) is 0 Å². The van der Waals surface area contributed by atoms with E-state index in [0.29, 0.717) is 24.0 Å². The molecule has 0 aromatic heterocycles. The molecular formula is C20H22Br2O4S2. The first-order valence-corrected chi connectivity index (χ1v) is 13.7. The monoisotopic (exact) mass is 548 g/mol. The molecule has 0 amide bonds. The Kier molecular flexibility index (Phi) is 8.07. The number of hydrogen-bond acceptors (Lipinski definition) is 4. The van der Waals surface area contributed by atoms with Gasteiger partial charge in [0.25, 0.3) is 0 Å². The van der Waals surface area contributed by atoms with E-state index in [9.17, 15) is 16.8 Å². The highest BCUT2D eigenvalue weighted by molar-refractivity contribution is 9.10. The van der Waals surface area contributed by atoms with Crippen molar-refractivity contribution in [2.75, 3.05) is 11.5 Å². The molecule has 0 fully saturated rings. The molecule has 0 aliphatic rings. The average Bonchev–Trinajstić information content (AvgIpc) is 2.61. The molecule has 2 rings (SSSR count). The Morgan fingerprint density at radius 2 is 0.929 bits per heavy atom. The minimum atomic E-state index is -3.82. The minimum absolute atomic E-state index is 0.125. The van der Waals surface area contributed by atoms with E-state index in [1.807, 2.05) is 0 Å². The third kappa shape index (κ3) is 5.55. The summed E-state index contributed by atoms with van der Waals surface area (Å²) in [5.41, 5.74) is 0.739. The summed E-state index contributed by atoms with van der Waals surface area (Å²) in [5, 5.41) is 0. The molecule has 0 saturated carbocycles. The Hall–Kier alpha value is -0.960. The quantitative estimate of drug-likeness (QED) is 0.397. The van der Waals surface area contributed by atoms with Crippen molar-refractivity contribution in [1.29, 1.82) is 0 Å². The first kappa shape index (κ1) is 23.3. The maximum Gasteiger partial charge on any atom is 0.180 e. The molecule has 152 valence electrons. The number of hydrogen-bond donors (Lipinski definition) is 0. The normalized spacial score (nSPS) is 13.3. The van der Waals surface area contributed by atoms with Gasteiger partial charge in [0.05, 0.1) is 21.3 Å². The van der Waals surface area contributed by atoms with Crippen molar-refractivity contribution in [2.24, 2.45) is 0 Å². The van der Waals surface area contributed by atoms with Gasteiger partial charge in [0.1, 0.15) is 0 Å². The molecule has 0 radical (unpaired) electrons. The summed E-state index contributed by atoms with van der Waals surface area (Å²) in [6.07, 6.45) is 0.785. The van der Waals surface area contributed by atoms with Crippen molar-refractivity contribution in [1.82, 2.24) is 0 Å². The van der Waals surface area contributed by atoms with E-state index < -0.39 is 19.7 Å². The van der Waals surface area contributed by atoms with Gasteiger partial charge in [-0.25, -0.2) is 16.8 Å². The van der Waals surface area contributed by atoms with Gasteiger partial charge in [-0.2, -0.15) is 0 Å². The highest BCUT2D eigenvalue weighted by atomic mass is 79.9. The van der Waals surface area contributed by atoms with Crippen LogP contribution in [0.3, 0.4) is 0 Å². The Morgan fingerprint density at radius 1 is 0.643 bits per heavy atom. The van der Waals surface area contributed by atoms with E-state index in [2.05, 4.69) is 31.9 Å². The van der Waals surface area contributed by atoms with Gasteiger partial charge >= 0.3 is 0 Å². The Labute approximate surface area is 184 Å². The molecule has 2 aromatic carbocycles. The molecule has 0 aliphatic heterocycles. The van der Waals surface area contributed by atoms with Gasteiger partial charge in [-0.3, -0.25) is 0 Å². The fraction of sp³-hybridized carbons (Fsp3) is 0.300. The third-order valence-electron chi connectivity index (χ3n) is 3.99. The molecule has 0 heterocycles. The Balaban J connectivity index is 2.98. The second-order valence-electron chi connectivity index (χ2n) is 6.31. The van der Waals surface area contributed by atoms with Crippen LogP contribution in [0.15, 0.2) is 57.5 Å². The van der Waals surface area contributed by atoms with E-state index >= 15 is 0 Å². The maximum absolute atomic E-state index is 13.2. The minimum Gasteiger partial charge on any atom is -0.224 e. The molecule has 28 heavy (non-hydrogen) atoms.